The van der Waals surface area contributed by atoms with Crippen molar-refractivity contribution in [2.24, 2.45) is 5.92 Å². The Morgan fingerprint density at radius 1 is 1.05 bits per heavy atom. The van der Waals surface area contributed by atoms with Crippen LogP contribution in [0.3, 0.4) is 0 Å². The fourth-order valence-electron chi connectivity index (χ4n) is 5.47. The summed E-state index contributed by atoms with van der Waals surface area (Å²) in [5.74, 6) is 1.41. The highest BCUT2D eigenvalue weighted by molar-refractivity contribution is 5.87. The number of nitrogens with zero attached hydrogens (tertiary/aromatic N) is 4. The van der Waals surface area contributed by atoms with E-state index in [2.05, 4.69) is 19.9 Å². The van der Waals surface area contributed by atoms with Crippen molar-refractivity contribution in [3.8, 4) is 23.1 Å². The number of morpholine rings is 1. The quantitative estimate of drug-likeness (QED) is 0.339. The van der Waals surface area contributed by atoms with Gasteiger partial charge < -0.3 is 28.8 Å². The first-order chi connectivity index (χ1) is 20.0. The number of halogens is 1. The average Bonchev–Trinajstić information content (AvgIpc) is 3.39. The molecule has 11 heteroatoms. The van der Waals surface area contributed by atoms with Gasteiger partial charge in [-0.05, 0) is 49.9 Å². The van der Waals surface area contributed by atoms with E-state index in [9.17, 15) is 4.79 Å². The molecule has 4 aromatic rings. The van der Waals surface area contributed by atoms with Gasteiger partial charge in [0, 0.05) is 48.8 Å². The van der Waals surface area contributed by atoms with Crippen molar-refractivity contribution in [1.82, 2.24) is 24.8 Å². The SMILES string of the molecule is COc1cc2c(Oc3ccc4[nH]c(C)cc4c3F)ncnc2cc1OCC1CCN(C(=O)CN2CCOCC2)CC1. The second-order valence-electron chi connectivity index (χ2n) is 10.6. The number of benzene rings is 2. The van der Waals surface area contributed by atoms with E-state index in [4.69, 9.17) is 18.9 Å². The van der Waals surface area contributed by atoms with Crippen LogP contribution < -0.4 is 14.2 Å². The Hall–Kier alpha value is -3.96. The molecule has 6 rings (SSSR count). The van der Waals surface area contributed by atoms with Gasteiger partial charge in [0.05, 0.1) is 44.4 Å². The van der Waals surface area contributed by atoms with Crippen molar-refractivity contribution in [1.29, 1.82) is 0 Å². The minimum Gasteiger partial charge on any atom is -0.493 e. The highest BCUT2D eigenvalue weighted by Gasteiger charge is 2.26. The van der Waals surface area contributed by atoms with Crippen LogP contribution in [0.5, 0.6) is 23.1 Å². The summed E-state index contributed by atoms with van der Waals surface area (Å²) in [7, 11) is 1.57. The van der Waals surface area contributed by atoms with Gasteiger partial charge in [-0.1, -0.05) is 0 Å². The first-order valence-electron chi connectivity index (χ1n) is 14.0. The molecule has 216 valence electrons. The Bertz CT molecular complexity index is 1550. The number of ether oxygens (including phenoxy) is 4. The number of hydrogen-bond acceptors (Lipinski definition) is 8. The maximum Gasteiger partial charge on any atom is 0.236 e. The summed E-state index contributed by atoms with van der Waals surface area (Å²) in [5.41, 5.74) is 2.16. The van der Waals surface area contributed by atoms with Crippen molar-refractivity contribution in [3.05, 3.63) is 48.2 Å². The van der Waals surface area contributed by atoms with Crippen molar-refractivity contribution in [2.75, 3.05) is 59.7 Å². The molecule has 0 aliphatic carbocycles. The molecule has 0 atom stereocenters. The van der Waals surface area contributed by atoms with Gasteiger partial charge in [-0.25, -0.2) is 14.4 Å². The van der Waals surface area contributed by atoms with Crippen molar-refractivity contribution in [3.63, 3.8) is 0 Å². The van der Waals surface area contributed by atoms with Crippen LogP contribution in [-0.2, 0) is 9.53 Å². The fourth-order valence-corrected chi connectivity index (χ4v) is 5.47. The van der Waals surface area contributed by atoms with Crippen LogP contribution in [0, 0.1) is 18.7 Å². The van der Waals surface area contributed by atoms with Crippen molar-refractivity contribution < 1.29 is 28.1 Å². The maximum absolute atomic E-state index is 15.2. The summed E-state index contributed by atoms with van der Waals surface area (Å²) < 4.78 is 38.3. The highest BCUT2D eigenvalue weighted by Crippen LogP contribution is 2.38. The summed E-state index contributed by atoms with van der Waals surface area (Å²) in [6, 6.07) is 8.65. The Morgan fingerprint density at radius 2 is 1.85 bits per heavy atom. The molecule has 1 amide bonds. The number of likely N-dealkylation sites (tertiary alicyclic amines) is 1. The third-order valence-electron chi connectivity index (χ3n) is 7.83. The number of fused-ring (bicyclic) bond motifs is 2. The molecule has 2 aromatic carbocycles. The molecule has 10 nitrogen and oxygen atoms in total. The Morgan fingerprint density at radius 3 is 2.63 bits per heavy atom. The van der Waals surface area contributed by atoms with E-state index in [1.807, 2.05) is 11.8 Å². The van der Waals surface area contributed by atoms with Crippen LogP contribution in [0.1, 0.15) is 18.5 Å². The third-order valence-corrected chi connectivity index (χ3v) is 7.83. The topological polar surface area (TPSA) is 102 Å². The second-order valence-corrected chi connectivity index (χ2v) is 10.6. The normalized spacial score (nSPS) is 16.8. The zero-order valence-electron chi connectivity index (χ0n) is 23.3. The zero-order valence-corrected chi connectivity index (χ0v) is 23.3. The first kappa shape index (κ1) is 27.2. The highest BCUT2D eigenvalue weighted by atomic mass is 19.1. The molecule has 0 radical (unpaired) electrons. The largest absolute Gasteiger partial charge is 0.493 e. The number of hydrogen-bond donors (Lipinski definition) is 1. The molecule has 2 aliphatic heterocycles. The van der Waals surface area contributed by atoms with Crippen LogP contribution in [0.4, 0.5) is 4.39 Å². The summed E-state index contributed by atoms with van der Waals surface area (Å²) in [6.45, 7) is 7.28. The maximum atomic E-state index is 15.2. The smallest absolute Gasteiger partial charge is 0.236 e. The number of piperidine rings is 1. The van der Waals surface area contributed by atoms with Crippen LogP contribution in [-0.4, -0.2) is 90.3 Å². The predicted octanol–water partition coefficient (Wildman–Crippen LogP) is 4.31. The molecule has 0 bridgehead atoms. The monoisotopic (exact) mass is 563 g/mol. The lowest BCUT2D eigenvalue weighted by Gasteiger charge is -2.34. The Labute approximate surface area is 237 Å². The number of methoxy groups -OCH3 is 1. The van der Waals surface area contributed by atoms with Crippen LogP contribution in [0.25, 0.3) is 21.8 Å². The zero-order chi connectivity index (χ0) is 28.3. The molecule has 2 saturated heterocycles. The predicted molar refractivity (Wildman–Crippen MR) is 151 cm³/mol. The third kappa shape index (κ3) is 5.91. The number of rotatable bonds is 8. The minimum absolute atomic E-state index is 0.0746. The van der Waals surface area contributed by atoms with E-state index < -0.39 is 5.82 Å². The molecular formula is C30H34FN5O5. The van der Waals surface area contributed by atoms with E-state index in [-0.39, 0.29) is 17.5 Å². The van der Waals surface area contributed by atoms with Gasteiger partial charge in [0.25, 0.3) is 0 Å². The number of H-pyrrole nitrogens is 1. The Balaban J connectivity index is 1.11. The van der Waals surface area contributed by atoms with Crippen LogP contribution in [0.2, 0.25) is 0 Å². The summed E-state index contributed by atoms with van der Waals surface area (Å²) in [4.78, 5) is 28.6. The van der Waals surface area contributed by atoms with E-state index >= 15 is 4.39 Å². The molecule has 0 saturated carbocycles. The number of carbonyl (C=O) groups excluding carboxylic acids is 1. The number of aromatic nitrogens is 3. The molecule has 1 N–H and O–H groups in total. The fraction of sp³-hybridized carbons (Fsp3) is 0.433. The van der Waals surface area contributed by atoms with Gasteiger partial charge in [-0.3, -0.25) is 9.69 Å². The molecule has 0 spiro atoms. The van der Waals surface area contributed by atoms with Gasteiger partial charge in [0.15, 0.2) is 23.1 Å². The minimum atomic E-state index is -0.459. The van der Waals surface area contributed by atoms with Crippen LogP contribution >= 0.6 is 0 Å². The molecular weight excluding hydrogens is 529 g/mol. The number of aryl methyl sites for hydroxylation is 1. The Kier molecular flexibility index (Phi) is 7.89. The van der Waals surface area contributed by atoms with Crippen molar-refractivity contribution >= 4 is 27.7 Å². The van der Waals surface area contributed by atoms with E-state index in [1.54, 1.807) is 37.4 Å². The first-order valence-corrected chi connectivity index (χ1v) is 14.0. The van der Waals surface area contributed by atoms with Gasteiger partial charge in [-0.2, -0.15) is 0 Å². The van der Waals surface area contributed by atoms with Gasteiger partial charge in [0.1, 0.15) is 6.33 Å². The lowest BCUT2D eigenvalue weighted by atomic mass is 9.97. The van der Waals surface area contributed by atoms with E-state index in [0.717, 1.165) is 44.7 Å². The van der Waals surface area contributed by atoms with Crippen molar-refractivity contribution in [2.45, 2.75) is 19.8 Å². The number of aromatic amines is 1. The summed E-state index contributed by atoms with van der Waals surface area (Å²) in [5, 5.41) is 1.03. The molecule has 4 heterocycles. The molecule has 2 aromatic heterocycles. The van der Waals surface area contributed by atoms with Gasteiger partial charge in [-0.15, -0.1) is 0 Å². The standard InChI is InChI=1S/C30H34FN5O5/c1-19-13-21-23(34-19)3-4-25(29(21)31)41-30-22-14-26(38-2)27(15-24(22)32-18-33-30)40-17-20-5-7-36(8-6-20)28(37)16-35-9-11-39-12-10-35/h3-4,13-15,18,20,34H,5-12,16-17H2,1-2H3. The summed E-state index contributed by atoms with van der Waals surface area (Å²) >= 11 is 0. The molecule has 41 heavy (non-hydrogen) atoms. The molecule has 2 aliphatic rings. The summed E-state index contributed by atoms with van der Waals surface area (Å²) in [6.07, 6.45) is 3.14. The molecule has 2 fully saturated rings. The van der Waals surface area contributed by atoms with E-state index in [0.29, 0.717) is 65.6 Å². The number of nitrogens with one attached hydrogen (secondary N) is 1. The lowest BCUT2D eigenvalue weighted by Crippen LogP contribution is -2.47. The van der Waals surface area contributed by atoms with E-state index in [1.165, 1.54) is 6.33 Å². The number of amides is 1. The van der Waals surface area contributed by atoms with Gasteiger partial charge >= 0.3 is 0 Å². The number of carbonyl (C=O) groups is 1. The van der Waals surface area contributed by atoms with Gasteiger partial charge in [0.2, 0.25) is 11.8 Å². The molecule has 0 unspecified atom stereocenters. The van der Waals surface area contributed by atoms with Crippen LogP contribution in [0.15, 0.2) is 36.7 Å². The second kappa shape index (κ2) is 11.9. The average molecular weight is 564 g/mol. The lowest BCUT2D eigenvalue weighted by molar-refractivity contribution is -0.135.